The van der Waals surface area contributed by atoms with Crippen LogP contribution in [0.2, 0.25) is 0 Å². The lowest BCUT2D eigenvalue weighted by molar-refractivity contribution is 0.346. The van der Waals surface area contributed by atoms with Crippen LogP contribution in [0.3, 0.4) is 0 Å². The highest BCUT2D eigenvalue weighted by atomic mass is 19.1. The first-order valence-corrected chi connectivity index (χ1v) is 8.78. The molecule has 0 fully saturated rings. The maximum absolute atomic E-state index is 13.6. The third-order valence-corrected chi connectivity index (χ3v) is 4.73. The van der Waals surface area contributed by atoms with Crippen LogP contribution in [0, 0.1) is 17.3 Å². The van der Waals surface area contributed by atoms with E-state index < -0.39 is 5.95 Å². The van der Waals surface area contributed by atoms with Gasteiger partial charge in [0.05, 0.1) is 6.54 Å². The maximum atomic E-state index is 13.6. The first kappa shape index (κ1) is 17.1. The Morgan fingerprint density at radius 2 is 2.04 bits per heavy atom. The van der Waals surface area contributed by atoms with Gasteiger partial charge in [-0.1, -0.05) is 25.1 Å². The molecule has 0 saturated carbocycles. The van der Waals surface area contributed by atoms with Crippen LogP contribution in [0.4, 0.5) is 15.8 Å². The summed E-state index contributed by atoms with van der Waals surface area (Å²) in [5.41, 5.74) is 2.26. The molecule has 134 valence electrons. The molecule has 0 N–H and O–H groups in total. The van der Waals surface area contributed by atoms with Crippen LogP contribution in [0.1, 0.15) is 13.3 Å². The van der Waals surface area contributed by atoms with Gasteiger partial charge in [0.15, 0.2) is 24.2 Å². The van der Waals surface area contributed by atoms with Crippen molar-refractivity contribution in [1.29, 1.82) is 5.26 Å². The highest BCUT2D eigenvalue weighted by molar-refractivity contribution is 6.10. The fraction of sp³-hybridized carbons (Fsp3) is 0.200. The predicted molar refractivity (Wildman–Crippen MR) is 102 cm³/mol. The van der Waals surface area contributed by atoms with Gasteiger partial charge in [-0.2, -0.15) is 14.6 Å². The summed E-state index contributed by atoms with van der Waals surface area (Å²) in [6, 6.07) is 14.7. The third-order valence-electron chi connectivity index (χ3n) is 4.73. The molecule has 1 aliphatic heterocycles. The van der Waals surface area contributed by atoms with E-state index in [1.807, 2.05) is 35.0 Å². The second kappa shape index (κ2) is 6.74. The number of rotatable bonds is 5. The van der Waals surface area contributed by atoms with Gasteiger partial charge in [0, 0.05) is 18.5 Å². The summed E-state index contributed by atoms with van der Waals surface area (Å²) in [5.74, 6) is 0.458. The molecule has 0 amide bonds. The van der Waals surface area contributed by atoms with Crippen molar-refractivity contribution in [3.05, 3.63) is 60.8 Å². The Hall–Kier alpha value is -3.37. The molecular formula is C20H18FN6+. The van der Waals surface area contributed by atoms with E-state index in [0.29, 0.717) is 28.5 Å². The van der Waals surface area contributed by atoms with Gasteiger partial charge in [-0.05, 0) is 24.6 Å². The normalized spacial score (nSPS) is 18.0. The molecule has 0 aliphatic carbocycles. The van der Waals surface area contributed by atoms with Crippen LogP contribution in [0.5, 0.6) is 0 Å². The number of hydrogen-bond donors (Lipinski definition) is 0. The smallest absolute Gasteiger partial charge is 0.281 e. The van der Waals surface area contributed by atoms with Crippen LogP contribution in [0.25, 0.3) is 11.5 Å². The standard InChI is InChI=1S/C20H18FN6/c1-2-12-27(17-8-4-3-6-15(17)25-19(27)13-22)14-26-11-10-23-20(26)16-7-5-9-18(21)24-16/h3-11H,2,12,14H2,1H3/q+1. The van der Waals surface area contributed by atoms with Gasteiger partial charge in [0.25, 0.3) is 0 Å². The molecule has 1 aromatic carbocycles. The van der Waals surface area contributed by atoms with Crippen LogP contribution < -0.4 is 4.48 Å². The van der Waals surface area contributed by atoms with E-state index in [4.69, 9.17) is 0 Å². The summed E-state index contributed by atoms with van der Waals surface area (Å²) in [7, 11) is 0. The van der Waals surface area contributed by atoms with Gasteiger partial charge in [0.1, 0.15) is 11.4 Å². The largest absolute Gasteiger partial charge is 0.315 e. The van der Waals surface area contributed by atoms with Crippen molar-refractivity contribution in [2.45, 2.75) is 20.0 Å². The molecule has 27 heavy (non-hydrogen) atoms. The molecule has 0 saturated heterocycles. The van der Waals surface area contributed by atoms with Gasteiger partial charge >= 0.3 is 5.84 Å². The van der Waals surface area contributed by atoms with E-state index in [0.717, 1.165) is 24.3 Å². The number of nitrogens with zero attached hydrogens (tertiary/aromatic N) is 6. The van der Waals surface area contributed by atoms with Crippen molar-refractivity contribution in [3.8, 4) is 17.6 Å². The number of aliphatic imine (C=N–C) groups is 1. The quantitative estimate of drug-likeness (QED) is 0.509. The topological polar surface area (TPSA) is 66.9 Å². The van der Waals surface area contributed by atoms with Crippen LogP contribution in [0.15, 0.2) is 59.9 Å². The lowest BCUT2D eigenvalue weighted by atomic mass is 10.2. The second-order valence-electron chi connectivity index (χ2n) is 6.44. The highest BCUT2D eigenvalue weighted by Gasteiger charge is 2.44. The molecule has 0 bridgehead atoms. The fourth-order valence-electron chi connectivity index (χ4n) is 3.64. The minimum Gasteiger partial charge on any atom is -0.281 e. The Balaban J connectivity index is 1.82. The average Bonchev–Trinajstić information content (AvgIpc) is 3.25. The molecule has 0 radical (unpaired) electrons. The van der Waals surface area contributed by atoms with Crippen molar-refractivity contribution < 1.29 is 4.39 Å². The Morgan fingerprint density at radius 1 is 1.19 bits per heavy atom. The van der Waals surface area contributed by atoms with Crippen LogP contribution in [-0.2, 0) is 6.67 Å². The number of fused-ring (bicyclic) bond motifs is 1. The number of hydrogen-bond acceptors (Lipinski definition) is 4. The number of benzene rings is 1. The molecule has 2 aromatic heterocycles. The maximum Gasteiger partial charge on any atom is 0.315 e. The van der Waals surface area contributed by atoms with E-state index in [9.17, 15) is 9.65 Å². The summed E-state index contributed by atoms with van der Waals surface area (Å²) in [6.45, 7) is 3.24. The van der Waals surface area contributed by atoms with Crippen molar-refractivity contribution in [1.82, 2.24) is 19.0 Å². The molecule has 1 unspecified atom stereocenters. The molecule has 3 aromatic rings. The van der Waals surface area contributed by atoms with Crippen LogP contribution >= 0.6 is 0 Å². The Morgan fingerprint density at radius 3 is 2.81 bits per heavy atom. The molecule has 6 nitrogen and oxygen atoms in total. The number of pyridine rings is 1. The van der Waals surface area contributed by atoms with Crippen molar-refractivity contribution >= 4 is 17.2 Å². The second-order valence-corrected chi connectivity index (χ2v) is 6.44. The van der Waals surface area contributed by atoms with E-state index >= 15 is 0 Å². The van der Waals surface area contributed by atoms with Crippen molar-refractivity contribution in [2.75, 3.05) is 6.54 Å². The average molecular weight is 361 g/mol. The highest BCUT2D eigenvalue weighted by Crippen LogP contribution is 2.41. The number of imidazole rings is 1. The van der Waals surface area contributed by atoms with Gasteiger partial charge in [-0.3, -0.25) is 4.57 Å². The molecule has 0 spiro atoms. The molecule has 4 rings (SSSR count). The SMILES string of the molecule is CCC[N+]1(Cn2ccnc2-c2cccc(F)n2)C(C#N)=Nc2ccccc21. The number of para-hydroxylation sites is 2. The van der Waals surface area contributed by atoms with Gasteiger partial charge in [-0.25, -0.2) is 14.5 Å². The number of nitriles is 1. The minimum absolute atomic E-state index is 0.307. The molecule has 3 heterocycles. The summed E-state index contributed by atoms with van der Waals surface area (Å²) in [5, 5.41) is 9.77. The van der Waals surface area contributed by atoms with E-state index in [1.54, 1.807) is 18.3 Å². The van der Waals surface area contributed by atoms with Gasteiger partial charge in [-0.15, -0.1) is 0 Å². The number of quaternary nitrogens is 1. The zero-order valence-electron chi connectivity index (χ0n) is 14.9. The zero-order chi connectivity index (χ0) is 18.9. The molecule has 1 aliphatic rings. The number of amidine groups is 1. The fourth-order valence-corrected chi connectivity index (χ4v) is 3.64. The summed E-state index contributed by atoms with van der Waals surface area (Å²) < 4.78 is 15.8. The van der Waals surface area contributed by atoms with E-state index in [-0.39, 0.29) is 0 Å². The predicted octanol–water partition coefficient (Wildman–Crippen LogP) is 4.03. The first-order valence-electron chi connectivity index (χ1n) is 8.78. The van der Waals surface area contributed by atoms with Crippen molar-refractivity contribution in [3.63, 3.8) is 0 Å². The molecule has 1 atom stereocenters. The minimum atomic E-state index is -0.551. The molecular weight excluding hydrogens is 343 g/mol. The number of halogens is 1. The summed E-state index contributed by atoms with van der Waals surface area (Å²) >= 11 is 0. The lowest BCUT2D eigenvalue weighted by Crippen LogP contribution is -2.53. The van der Waals surface area contributed by atoms with Gasteiger partial charge < -0.3 is 0 Å². The molecule has 7 heteroatoms. The number of aromatic nitrogens is 3. The van der Waals surface area contributed by atoms with Crippen LogP contribution in [-0.4, -0.2) is 26.9 Å². The lowest BCUT2D eigenvalue weighted by Gasteiger charge is -2.32. The Kier molecular flexibility index (Phi) is 4.26. The Labute approximate surface area is 156 Å². The van der Waals surface area contributed by atoms with Gasteiger partial charge in [0.2, 0.25) is 5.95 Å². The monoisotopic (exact) mass is 361 g/mol. The van der Waals surface area contributed by atoms with E-state index in [2.05, 4.69) is 28.0 Å². The zero-order valence-corrected chi connectivity index (χ0v) is 14.9. The Bertz CT molecular complexity index is 1060. The summed E-state index contributed by atoms with van der Waals surface area (Å²) in [6.07, 6.45) is 4.36. The first-order chi connectivity index (χ1) is 13.2. The van der Waals surface area contributed by atoms with Crippen molar-refractivity contribution in [2.24, 2.45) is 4.99 Å². The third kappa shape index (κ3) is 2.80. The summed E-state index contributed by atoms with van der Waals surface area (Å²) in [4.78, 5) is 12.9. The van der Waals surface area contributed by atoms with E-state index in [1.165, 1.54) is 6.07 Å².